The van der Waals surface area contributed by atoms with Crippen LogP contribution in [0.5, 0.6) is 5.75 Å². The summed E-state index contributed by atoms with van der Waals surface area (Å²) in [5.41, 5.74) is 1.26. The Morgan fingerprint density at radius 3 is 2.02 bits per heavy atom. The smallest absolute Gasteiger partial charge is 0.408 e. The third kappa shape index (κ3) is 10.6. The number of carbonyl (C=O) groups excluding carboxylic acids is 4. The molecule has 43 heavy (non-hydrogen) atoms. The molecular formula is C33H47N3O7. The number of phenols is 1. The number of phenolic OH excluding ortho intramolecular Hbond substituents is 1. The summed E-state index contributed by atoms with van der Waals surface area (Å²) in [5, 5.41) is 15.3. The SMILES string of the molecule is CCOC(=O)CCNC(=O)C(c1c(C)cccc1C)N(C(=O)C(Cc1ccc(O)cc1)NC(=O)OC(C)(C)C)C(C)(C)C. The average molecular weight is 598 g/mol. The number of hydrogen-bond donors (Lipinski definition) is 3. The van der Waals surface area contributed by atoms with Crippen LogP contribution >= 0.6 is 0 Å². The molecule has 0 aromatic heterocycles. The first-order valence-corrected chi connectivity index (χ1v) is 14.5. The first kappa shape index (κ1) is 35.1. The van der Waals surface area contributed by atoms with E-state index < -0.39 is 47.1 Å². The number of amides is 3. The normalized spacial score (nSPS) is 13.0. The van der Waals surface area contributed by atoms with E-state index in [-0.39, 0.29) is 31.7 Å². The predicted octanol–water partition coefficient (Wildman–Crippen LogP) is 4.88. The van der Waals surface area contributed by atoms with Crippen molar-refractivity contribution >= 4 is 23.9 Å². The van der Waals surface area contributed by atoms with Gasteiger partial charge in [0.15, 0.2) is 0 Å². The van der Waals surface area contributed by atoms with E-state index in [1.807, 2.05) is 52.8 Å². The predicted molar refractivity (Wildman–Crippen MR) is 164 cm³/mol. The zero-order chi connectivity index (χ0) is 32.5. The number of nitrogens with one attached hydrogen (secondary N) is 2. The maximum absolute atomic E-state index is 14.6. The van der Waals surface area contributed by atoms with Crippen LogP contribution in [-0.2, 0) is 30.3 Å². The fraction of sp³-hybridized carbons (Fsp3) is 0.515. The summed E-state index contributed by atoms with van der Waals surface area (Å²) in [6.45, 7) is 16.4. The lowest BCUT2D eigenvalue weighted by atomic mass is 9.89. The maximum Gasteiger partial charge on any atom is 0.408 e. The monoisotopic (exact) mass is 597 g/mol. The van der Waals surface area contributed by atoms with Crippen LogP contribution < -0.4 is 10.6 Å². The Labute approximate surface area is 255 Å². The molecule has 2 atom stereocenters. The van der Waals surface area contributed by atoms with Crippen LogP contribution in [0.25, 0.3) is 0 Å². The average Bonchev–Trinajstić information content (AvgIpc) is 2.86. The second-order valence-electron chi connectivity index (χ2n) is 12.5. The summed E-state index contributed by atoms with van der Waals surface area (Å²) in [4.78, 5) is 55.0. The van der Waals surface area contributed by atoms with E-state index in [2.05, 4.69) is 10.6 Å². The van der Waals surface area contributed by atoms with E-state index in [4.69, 9.17) is 9.47 Å². The Morgan fingerprint density at radius 1 is 0.930 bits per heavy atom. The molecule has 0 aliphatic rings. The van der Waals surface area contributed by atoms with Crippen molar-refractivity contribution < 1.29 is 33.8 Å². The summed E-state index contributed by atoms with van der Waals surface area (Å²) in [6.07, 6.45) is -0.720. The largest absolute Gasteiger partial charge is 0.508 e. The van der Waals surface area contributed by atoms with E-state index in [0.717, 1.165) is 11.1 Å². The molecule has 0 bridgehead atoms. The van der Waals surface area contributed by atoms with Crippen molar-refractivity contribution in [3.05, 3.63) is 64.7 Å². The summed E-state index contributed by atoms with van der Waals surface area (Å²) in [6, 6.07) is 9.77. The van der Waals surface area contributed by atoms with Crippen LogP contribution in [0.2, 0.25) is 0 Å². The lowest BCUT2D eigenvalue weighted by Crippen LogP contribution is -2.59. The van der Waals surface area contributed by atoms with Gasteiger partial charge in [0.1, 0.15) is 23.4 Å². The van der Waals surface area contributed by atoms with Crippen LogP contribution in [0.4, 0.5) is 4.79 Å². The highest BCUT2D eigenvalue weighted by molar-refractivity contribution is 5.93. The molecule has 0 fully saturated rings. The Balaban J connectivity index is 2.62. The van der Waals surface area contributed by atoms with Crippen molar-refractivity contribution in [2.45, 2.75) is 98.4 Å². The van der Waals surface area contributed by atoms with Gasteiger partial charge < -0.3 is 30.1 Å². The number of aryl methyl sites for hydroxylation is 2. The Bertz CT molecular complexity index is 1260. The van der Waals surface area contributed by atoms with Gasteiger partial charge in [-0.2, -0.15) is 0 Å². The van der Waals surface area contributed by atoms with Gasteiger partial charge in [-0.15, -0.1) is 0 Å². The van der Waals surface area contributed by atoms with Gasteiger partial charge in [-0.05, 0) is 96.7 Å². The van der Waals surface area contributed by atoms with E-state index >= 15 is 0 Å². The summed E-state index contributed by atoms with van der Waals surface area (Å²) >= 11 is 0. The van der Waals surface area contributed by atoms with Gasteiger partial charge in [0.05, 0.1) is 13.0 Å². The molecule has 3 N–H and O–H groups in total. The number of esters is 1. The maximum atomic E-state index is 14.6. The number of aromatic hydroxyl groups is 1. The molecule has 2 aromatic rings. The van der Waals surface area contributed by atoms with Crippen LogP contribution in [0.15, 0.2) is 42.5 Å². The highest BCUT2D eigenvalue weighted by Crippen LogP contribution is 2.34. The quantitative estimate of drug-likeness (QED) is 0.314. The molecule has 0 aliphatic carbocycles. The highest BCUT2D eigenvalue weighted by Gasteiger charge is 2.43. The fourth-order valence-electron chi connectivity index (χ4n) is 4.78. The number of ether oxygens (including phenoxy) is 2. The molecule has 10 heteroatoms. The summed E-state index contributed by atoms with van der Waals surface area (Å²) < 4.78 is 10.5. The third-order valence-corrected chi connectivity index (χ3v) is 6.58. The second kappa shape index (κ2) is 14.9. The number of benzene rings is 2. The van der Waals surface area contributed by atoms with Crippen LogP contribution in [0.1, 0.15) is 83.2 Å². The second-order valence-corrected chi connectivity index (χ2v) is 12.5. The molecule has 0 saturated carbocycles. The van der Waals surface area contributed by atoms with Gasteiger partial charge in [-0.25, -0.2) is 4.79 Å². The molecule has 0 radical (unpaired) electrons. The molecule has 2 aromatic carbocycles. The summed E-state index contributed by atoms with van der Waals surface area (Å²) in [5.74, 6) is -1.34. The van der Waals surface area contributed by atoms with Gasteiger partial charge in [-0.1, -0.05) is 30.3 Å². The van der Waals surface area contributed by atoms with E-state index in [1.54, 1.807) is 39.8 Å². The van der Waals surface area contributed by atoms with Crippen molar-refractivity contribution in [3.63, 3.8) is 0 Å². The van der Waals surface area contributed by atoms with Crippen molar-refractivity contribution in [3.8, 4) is 5.75 Å². The number of rotatable bonds is 11. The molecular weight excluding hydrogens is 550 g/mol. The number of carbonyl (C=O) groups is 4. The fourth-order valence-corrected chi connectivity index (χ4v) is 4.78. The molecule has 2 unspecified atom stereocenters. The van der Waals surface area contributed by atoms with Gasteiger partial charge in [-0.3, -0.25) is 14.4 Å². The lowest BCUT2D eigenvalue weighted by Gasteiger charge is -2.43. The van der Waals surface area contributed by atoms with Gasteiger partial charge in [0.25, 0.3) is 0 Å². The minimum Gasteiger partial charge on any atom is -0.508 e. The molecule has 0 heterocycles. The van der Waals surface area contributed by atoms with Crippen molar-refractivity contribution in [1.29, 1.82) is 0 Å². The zero-order valence-corrected chi connectivity index (χ0v) is 26.9. The van der Waals surface area contributed by atoms with Crippen LogP contribution in [0.3, 0.4) is 0 Å². The van der Waals surface area contributed by atoms with Gasteiger partial charge in [0.2, 0.25) is 11.8 Å². The number of alkyl carbamates (subject to hydrolysis) is 1. The van der Waals surface area contributed by atoms with Crippen LogP contribution in [-0.4, -0.2) is 64.2 Å². The Kier molecular flexibility index (Phi) is 12.2. The van der Waals surface area contributed by atoms with E-state index in [1.165, 1.54) is 17.0 Å². The minimum absolute atomic E-state index is 0.0216. The van der Waals surface area contributed by atoms with Crippen LogP contribution in [0, 0.1) is 13.8 Å². The molecule has 236 valence electrons. The first-order chi connectivity index (χ1) is 19.9. The molecule has 0 spiro atoms. The molecule has 10 nitrogen and oxygen atoms in total. The van der Waals surface area contributed by atoms with Crippen molar-refractivity contribution in [1.82, 2.24) is 15.5 Å². The number of hydrogen-bond acceptors (Lipinski definition) is 7. The third-order valence-electron chi connectivity index (χ3n) is 6.58. The number of nitrogens with zero attached hydrogens (tertiary/aromatic N) is 1. The Hall–Kier alpha value is -4.08. The molecule has 0 saturated heterocycles. The van der Waals surface area contributed by atoms with Gasteiger partial charge in [0, 0.05) is 18.5 Å². The molecule has 2 rings (SSSR count). The van der Waals surface area contributed by atoms with E-state index in [0.29, 0.717) is 11.1 Å². The van der Waals surface area contributed by atoms with Crippen molar-refractivity contribution in [2.24, 2.45) is 0 Å². The molecule has 0 aliphatic heterocycles. The Morgan fingerprint density at radius 2 is 1.51 bits per heavy atom. The van der Waals surface area contributed by atoms with E-state index in [9.17, 15) is 24.3 Å². The standard InChI is InChI=1S/C33H47N3O7/c1-10-42-26(38)18-19-34-29(39)28(27-21(2)12-11-13-22(27)3)36(32(4,5)6)30(40)25(35-31(41)43-33(7,8)9)20-23-14-16-24(37)17-15-23/h11-17,25,28,37H,10,18-20H2,1-9H3,(H,34,39)(H,35,41). The lowest BCUT2D eigenvalue weighted by molar-refractivity contribution is -0.149. The molecule has 3 amide bonds. The van der Waals surface area contributed by atoms with Gasteiger partial charge >= 0.3 is 12.1 Å². The first-order valence-electron chi connectivity index (χ1n) is 14.5. The topological polar surface area (TPSA) is 134 Å². The highest BCUT2D eigenvalue weighted by atomic mass is 16.6. The minimum atomic E-state index is -1.11. The summed E-state index contributed by atoms with van der Waals surface area (Å²) in [7, 11) is 0. The zero-order valence-electron chi connectivity index (χ0n) is 26.9. The van der Waals surface area contributed by atoms with Crippen molar-refractivity contribution in [2.75, 3.05) is 13.2 Å².